The smallest absolute Gasteiger partial charge is 0.281 e. The van der Waals surface area contributed by atoms with Gasteiger partial charge in [-0.2, -0.15) is 17.0 Å². The molecule has 0 bridgehead atoms. The van der Waals surface area contributed by atoms with E-state index in [-0.39, 0.29) is 6.04 Å². The molecule has 1 unspecified atom stereocenters. The minimum atomic E-state index is -3.27. The number of piperidine rings is 1. The fourth-order valence-electron chi connectivity index (χ4n) is 2.23. The van der Waals surface area contributed by atoms with Crippen LogP contribution in [0.15, 0.2) is 0 Å². The average molecular weight is 277 g/mol. The maximum Gasteiger partial charge on any atom is 0.281 e. The molecule has 0 aromatic rings. The Morgan fingerprint density at radius 3 is 2.56 bits per heavy atom. The molecule has 108 valence electrons. The lowest BCUT2D eigenvalue weighted by molar-refractivity contribution is 0.232. The highest BCUT2D eigenvalue weighted by Gasteiger charge is 2.33. The van der Waals surface area contributed by atoms with Crippen LogP contribution < -0.4 is 5.32 Å². The molecule has 6 heteroatoms. The topological polar surface area (TPSA) is 52.7 Å². The van der Waals surface area contributed by atoms with Gasteiger partial charge in [-0.15, -0.1) is 0 Å². The molecule has 1 rings (SSSR count). The number of hydrogen-bond acceptors (Lipinski definition) is 3. The van der Waals surface area contributed by atoms with E-state index in [1.807, 2.05) is 0 Å². The summed E-state index contributed by atoms with van der Waals surface area (Å²) in [5.41, 5.74) is 0. The Kier molecular flexibility index (Phi) is 6.04. The van der Waals surface area contributed by atoms with Crippen molar-refractivity contribution in [2.75, 3.05) is 33.7 Å². The molecule has 0 spiro atoms. The summed E-state index contributed by atoms with van der Waals surface area (Å²) in [6.45, 7) is 6.65. The van der Waals surface area contributed by atoms with E-state index in [9.17, 15) is 8.42 Å². The van der Waals surface area contributed by atoms with E-state index in [2.05, 4.69) is 19.2 Å². The molecule has 0 aromatic heterocycles. The summed E-state index contributed by atoms with van der Waals surface area (Å²) in [4.78, 5) is 0. The van der Waals surface area contributed by atoms with Gasteiger partial charge in [-0.25, -0.2) is 0 Å². The average Bonchev–Trinajstić information content (AvgIpc) is 2.28. The SMILES string of the molecule is CC(C)CNCC1CCCCN1S(=O)(=O)N(C)C. The maximum absolute atomic E-state index is 12.2. The second-order valence-corrected chi connectivity index (χ2v) is 7.70. The van der Waals surface area contributed by atoms with Gasteiger partial charge in [0, 0.05) is 33.2 Å². The third kappa shape index (κ3) is 4.19. The molecule has 1 aliphatic heterocycles. The highest BCUT2D eigenvalue weighted by molar-refractivity contribution is 7.86. The molecule has 0 aliphatic carbocycles. The molecule has 0 saturated carbocycles. The van der Waals surface area contributed by atoms with Crippen LogP contribution in [0.4, 0.5) is 0 Å². The van der Waals surface area contributed by atoms with Crippen LogP contribution in [-0.4, -0.2) is 56.8 Å². The summed E-state index contributed by atoms with van der Waals surface area (Å²) >= 11 is 0. The Labute approximate surface area is 112 Å². The first-order valence-electron chi connectivity index (χ1n) is 6.75. The molecule has 0 aromatic carbocycles. The Morgan fingerprint density at radius 2 is 2.00 bits per heavy atom. The Balaban J connectivity index is 2.63. The zero-order valence-electron chi connectivity index (χ0n) is 12.0. The Bertz CT molecular complexity index is 341. The Morgan fingerprint density at radius 1 is 1.33 bits per heavy atom. The lowest BCUT2D eigenvalue weighted by Crippen LogP contribution is -2.52. The van der Waals surface area contributed by atoms with Gasteiger partial charge in [-0.05, 0) is 25.3 Å². The predicted octanol–water partition coefficient (Wildman–Crippen LogP) is 0.893. The van der Waals surface area contributed by atoms with E-state index in [1.165, 1.54) is 4.31 Å². The molecule has 5 nitrogen and oxygen atoms in total. The molecule has 1 fully saturated rings. The summed E-state index contributed by atoms with van der Waals surface area (Å²) < 4.78 is 27.4. The lowest BCUT2D eigenvalue weighted by Gasteiger charge is -2.36. The van der Waals surface area contributed by atoms with Gasteiger partial charge in [0.05, 0.1) is 0 Å². The van der Waals surface area contributed by atoms with E-state index >= 15 is 0 Å². The molecule has 0 radical (unpaired) electrons. The van der Waals surface area contributed by atoms with Crippen LogP contribution in [0.3, 0.4) is 0 Å². The molecule has 1 atom stereocenters. The van der Waals surface area contributed by atoms with Crippen molar-refractivity contribution in [3.8, 4) is 0 Å². The Hall–Kier alpha value is -0.170. The molecular weight excluding hydrogens is 250 g/mol. The van der Waals surface area contributed by atoms with Crippen molar-refractivity contribution >= 4 is 10.2 Å². The third-order valence-electron chi connectivity index (χ3n) is 3.26. The maximum atomic E-state index is 12.2. The molecule has 18 heavy (non-hydrogen) atoms. The van der Waals surface area contributed by atoms with E-state index in [1.54, 1.807) is 18.4 Å². The van der Waals surface area contributed by atoms with E-state index in [4.69, 9.17) is 0 Å². The van der Waals surface area contributed by atoms with E-state index < -0.39 is 10.2 Å². The van der Waals surface area contributed by atoms with Gasteiger partial charge in [0.1, 0.15) is 0 Å². The van der Waals surface area contributed by atoms with Crippen LogP contribution >= 0.6 is 0 Å². The summed E-state index contributed by atoms with van der Waals surface area (Å²) in [6, 6.07) is 0.102. The van der Waals surface area contributed by atoms with Crippen LogP contribution in [0, 0.1) is 5.92 Å². The van der Waals surface area contributed by atoms with Crippen LogP contribution in [0.1, 0.15) is 33.1 Å². The summed E-state index contributed by atoms with van der Waals surface area (Å²) in [6.07, 6.45) is 3.04. The number of nitrogens with one attached hydrogen (secondary N) is 1. The van der Waals surface area contributed by atoms with Crippen molar-refractivity contribution in [3.05, 3.63) is 0 Å². The van der Waals surface area contributed by atoms with E-state index in [0.29, 0.717) is 12.5 Å². The van der Waals surface area contributed by atoms with Crippen molar-refractivity contribution < 1.29 is 8.42 Å². The largest absolute Gasteiger partial charge is 0.315 e. The van der Waals surface area contributed by atoms with Crippen LogP contribution in [0.5, 0.6) is 0 Å². The molecule has 1 N–H and O–H groups in total. The van der Waals surface area contributed by atoms with Gasteiger partial charge >= 0.3 is 0 Å². The second kappa shape index (κ2) is 6.84. The van der Waals surface area contributed by atoms with E-state index in [0.717, 1.165) is 32.4 Å². The quantitative estimate of drug-likeness (QED) is 0.784. The second-order valence-electron chi connectivity index (χ2n) is 5.60. The first-order valence-corrected chi connectivity index (χ1v) is 8.15. The number of hydrogen-bond donors (Lipinski definition) is 1. The first-order chi connectivity index (χ1) is 8.35. The van der Waals surface area contributed by atoms with Crippen molar-refractivity contribution in [3.63, 3.8) is 0 Å². The third-order valence-corrected chi connectivity index (χ3v) is 5.26. The number of nitrogens with zero attached hydrogens (tertiary/aromatic N) is 2. The van der Waals surface area contributed by atoms with Gasteiger partial charge in [0.15, 0.2) is 0 Å². The fourth-order valence-corrected chi connectivity index (χ4v) is 3.57. The van der Waals surface area contributed by atoms with Crippen LogP contribution in [0.25, 0.3) is 0 Å². The van der Waals surface area contributed by atoms with Crippen molar-refractivity contribution in [1.82, 2.24) is 13.9 Å². The minimum absolute atomic E-state index is 0.102. The molecule has 1 heterocycles. The zero-order chi connectivity index (χ0) is 13.8. The summed E-state index contributed by atoms with van der Waals surface area (Å²) in [5, 5.41) is 3.37. The van der Waals surface area contributed by atoms with Crippen molar-refractivity contribution in [1.29, 1.82) is 0 Å². The summed E-state index contributed by atoms with van der Waals surface area (Å²) in [7, 11) is -0.0736. The highest BCUT2D eigenvalue weighted by atomic mass is 32.2. The normalized spacial score (nSPS) is 22.9. The molecule has 1 aliphatic rings. The number of rotatable bonds is 6. The zero-order valence-corrected chi connectivity index (χ0v) is 12.8. The van der Waals surface area contributed by atoms with Crippen LogP contribution in [-0.2, 0) is 10.2 Å². The molecule has 1 saturated heterocycles. The first kappa shape index (κ1) is 15.9. The molecular formula is C12H27N3O2S. The highest BCUT2D eigenvalue weighted by Crippen LogP contribution is 2.21. The standard InChI is InChI=1S/C12H27N3O2S/c1-11(2)9-13-10-12-7-5-6-8-15(12)18(16,17)14(3)4/h11-13H,5-10H2,1-4H3. The van der Waals surface area contributed by atoms with Gasteiger partial charge in [-0.1, -0.05) is 20.3 Å². The van der Waals surface area contributed by atoms with Crippen molar-refractivity contribution in [2.24, 2.45) is 5.92 Å². The monoisotopic (exact) mass is 277 g/mol. The van der Waals surface area contributed by atoms with Gasteiger partial charge in [0.2, 0.25) is 0 Å². The van der Waals surface area contributed by atoms with Gasteiger partial charge in [-0.3, -0.25) is 0 Å². The van der Waals surface area contributed by atoms with Crippen molar-refractivity contribution in [2.45, 2.75) is 39.2 Å². The predicted molar refractivity (Wildman–Crippen MR) is 74.7 cm³/mol. The lowest BCUT2D eigenvalue weighted by atomic mass is 10.0. The van der Waals surface area contributed by atoms with Gasteiger partial charge in [0.25, 0.3) is 10.2 Å². The van der Waals surface area contributed by atoms with Gasteiger partial charge < -0.3 is 5.32 Å². The molecule has 0 amide bonds. The summed E-state index contributed by atoms with van der Waals surface area (Å²) in [5.74, 6) is 0.590. The van der Waals surface area contributed by atoms with Crippen LogP contribution in [0.2, 0.25) is 0 Å². The minimum Gasteiger partial charge on any atom is -0.315 e. The fraction of sp³-hybridized carbons (Fsp3) is 1.00.